The molecular formula is C16H32N4O3S2Si. The van der Waals surface area contributed by atoms with Gasteiger partial charge in [0.25, 0.3) is 0 Å². The second-order valence-corrected chi connectivity index (χ2v) is 10.1. The minimum atomic E-state index is -2.58. The molecule has 1 atom stereocenters. The highest BCUT2D eigenvalue weighted by Gasteiger charge is 2.46. The molecule has 7 nitrogen and oxygen atoms in total. The van der Waals surface area contributed by atoms with Gasteiger partial charge in [-0.25, -0.2) is 0 Å². The lowest BCUT2D eigenvalue weighted by Crippen LogP contribution is -2.47. The molecular weight excluding hydrogens is 388 g/mol. The molecule has 0 aromatic carbocycles. The number of hydrogen-bond acceptors (Lipinski definition) is 9. The molecule has 1 aromatic rings. The summed E-state index contributed by atoms with van der Waals surface area (Å²) in [4.78, 5) is 12.2. The first-order valence-electron chi connectivity index (χ1n) is 9.04. The summed E-state index contributed by atoms with van der Waals surface area (Å²) >= 11 is 8.25. The molecule has 1 N–H and O–H groups in total. The fourth-order valence-electron chi connectivity index (χ4n) is 3.02. The fourth-order valence-corrected chi connectivity index (χ4v) is 6.10. The van der Waals surface area contributed by atoms with Gasteiger partial charge in [0.05, 0.1) is 0 Å². The van der Waals surface area contributed by atoms with E-state index in [9.17, 15) is 0 Å². The van der Waals surface area contributed by atoms with Gasteiger partial charge in [-0.3, -0.25) is 0 Å². The van der Waals surface area contributed by atoms with Crippen molar-refractivity contribution in [3.05, 3.63) is 0 Å². The molecule has 1 aromatic heterocycles. The molecule has 0 aliphatic rings. The molecule has 0 saturated carbocycles. The summed E-state index contributed by atoms with van der Waals surface area (Å²) in [5, 5.41) is 3.92. The van der Waals surface area contributed by atoms with Crippen molar-refractivity contribution in [3.8, 4) is 0 Å². The third-order valence-corrected chi connectivity index (χ3v) is 8.07. The quantitative estimate of drug-likeness (QED) is 0.240. The first-order chi connectivity index (χ1) is 12.5. The highest BCUT2D eigenvalue weighted by atomic mass is 32.1. The van der Waals surface area contributed by atoms with E-state index in [2.05, 4.69) is 52.5 Å². The Labute approximate surface area is 169 Å². The van der Waals surface area contributed by atoms with Crippen molar-refractivity contribution in [2.24, 2.45) is 0 Å². The Kier molecular flexibility index (Phi) is 11.7. The number of aromatic nitrogens is 3. The van der Waals surface area contributed by atoms with E-state index < -0.39 is 8.80 Å². The smallest absolute Gasteiger partial charge is 0.377 e. The summed E-state index contributed by atoms with van der Waals surface area (Å²) in [5.74, 6) is 0.514. The molecule has 0 spiro atoms. The van der Waals surface area contributed by atoms with Crippen molar-refractivity contribution in [1.82, 2.24) is 15.0 Å². The maximum Gasteiger partial charge on any atom is 0.503 e. The zero-order valence-electron chi connectivity index (χ0n) is 16.2. The molecule has 150 valence electrons. The summed E-state index contributed by atoms with van der Waals surface area (Å²) < 4.78 is 17.1. The second-order valence-electron chi connectivity index (χ2n) is 6.09. The van der Waals surface area contributed by atoms with Crippen LogP contribution in [-0.2, 0) is 13.3 Å². The largest absolute Gasteiger partial charge is 0.503 e. The fraction of sp³-hybridized carbons (Fsp3) is 0.812. The van der Waals surface area contributed by atoms with Crippen molar-refractivity contribution < 1.29 is 13.3 Å². The molecule has 1 rings (SSSR count). The summed E-state index contributed by atoms with van der Waals surface area (Å²) in [5.41, 5.74) is 0.345. The van der Waals surface area contributed by atoms with Crippen molar-refractivity contribution in [2.45, 2.75) is 67.7 Å². The number of unbranched alkanes of at least 4 members (excludes halogenated alkanes) is 3. The van der Waals surface area contributed by atoms with Crippen LogP contribution < -0.4 is 5.32 Å². The Balaban J connectivity index is 2.39. The van der Waals surface area contributed by atoms with Crippen LogP contribution in [-0.4, -0.2) is 51.6 Å². The SMILES string of the molecule is CCCCC(CCCCCNc1nc(S)nc(S)n1)[Si](OC)(OC)OC. The molecule has 0 amide bonds. The van der Waals surface area contributed by atoms with Gasteiger partial charge in [0, 0.05) is 33.4 Å². The summed E-state index contributed by atoms with van der Waals surface area (Å²) in [6.45, 7) is 3.00. The normalized spacial score (nSPS) is 13.0. The van der Waals surface area contributed by atoms with Crippen LogP contribution in [0.2, 0.25) is 5.54 Å². The van der Waals surface area contributed by atoms with Gasteiger partial charge in [0.15, 0.2) is 10.3 Å². The maximum absolute atomic E-state index is 5.70. The Morgan fingerprint density at radius 1 is 0.885 bits per heavy atom. The minimum absolute atomic E-state index is 0.345. The minimum Gasteiger partial charge on any atom is -0.377 e. The number of thiol groups is 2. The predicted molar refractivity (Wildman–Crippen MR) is 111 cm³/mol. The van der Waals surface area contributed by atoms with Gasteiger partial charge >= 0.3 is 8.80 Å². The molecule has 0 saturated heterocycles. The third-order valence-electron chi connectivity index (χ3n) is 4.38. The van der Waals surface area contributed by atoms with Gasteiger partial charge in [0.1, 0.15) is 0 Å². The van der Waals surface area contributed by atoms with Crippen molar-refractivity contribution in [1.29, 1.82) is 0 Å². The lowest BCUT2D eigenvalue weighted by molar-refractivity contribution is 0.107. The van der Waals surface area contributed by atoms with E-state index >= 15 is 0 Å². The Morgan fingerprint density at radius 3 is 2.00 bits per heavy atom. The van der Waals surface area contributed by atoms with Crippen molar-refractivity contribution in [2.75, 3.05) is 33.2 Å². The average Bonchev–Trinajstić information content (AvgIpc) is 2.62. The number of hydrogen-bond donors (Lipinski definition) is 3. The second kappa shape index (κ2) is 12.9. The maximum atomic E-state index is 5.70. The van der Waals surface area contributed by atoms with E-state index in [1.165, 1.54) is 0 Å². The van der Waals surface area contributed by atoms with E-state index in [-0.39, 0.29) is 0 Å². The zero-order valence-corrected chi connectivity index (χ0v) is 19.0. The third kappa shape index (κ3) is 7.69. The van der Waals surface area contributed by atoms with Crippen LogP contribution in [0.3, 0.4) is 0 Å². The van der Waals surface area contributed by atoms with Crippen LogP contribution in [0.25, 0.3) is 0 Å². The predicted octanol–water partition coefficient (Wildman–Crippen LogP) is 3.86. The highest BCUT2D eigenvalue weighted by Crippen LogP contribution is 2.34. The number of nitrogens with one attached hydrogen (secondary N) is 1. The molecule has 0 aliphatic carbocycles. The van der Waals surface area contributed by atoms with Gasteiger partial charge in [0.2, 0.25) is 5.95 Å². The topological polar surface area (TPSA) is 78.4 Å². The van der Waals surface area contributed by atoms with E-state index in [1.54, 1.807) is 21.3 Å². The molecule has 1 unspecified atom stereocenters. The standard InChI is InChI=1S/C16H32N4O3S2Si/c1-5-6-10-13(26(21-2,22-3)23-4)11-8-7-9-12-17-14-18-15(24)20-16(25)19-14/h13H,5-12H2,1-4H3,(H3,17,18,19,20,24,25). The van der Waals surface area contributed by atoms with E-state index in [4.69, 9.17) is 13.3 Å². The van der Waals surface area contributed by atoms with E-state index in [0.29, 0.717) is 21.8 Å². The van der Waals surface area contributed by atoms with Gasteiger partial charge in [-0.05, 0) is 19.3 Å². The molecule has 10 heteroatoms. The molecule has 0 radical (unpaired) electrons. The summed E-state index contributed by atoms with van der Waals surface area (Å²) in [6.07, 6.45) is 7.68. The van der Waals surface area contributed by atoms with Crippen LogP contribution in [0.5, 0.6) is 0 Å². The van der Waals surface area contributed by atoms with Crippen LogP contribution >= 0.6 is 25.3 Å². The summed E-state index contributed by atoms with van der Waals surface area (Å²) in [7, 11) is 2.51. The molecule has 0 fully saturated rings. The monoisotopic (exact) mass is 420 g/mol. The average molecular weight is 421 g/mol. The molecule has 1 heterocycles. The Morgan fingerprint density at radius 2 is 1.46 bits per heavy atom. The Hall–Kier alpha value is -0.393. The number of anilines is 1. The van der Waals surface area contributed by atoms with E-state index in [0.717, 1.165) is 51.5 Å². The number of nitrogens with zero attached hydrogens (tertiary/aromatic N) is 3. The summed E-state index contributed by atoms with van der Waals surface area (Å²) in [6, 6.07) is 0. The highest BCUT2D eigenvalue weighted by molar-refractivity contribution is 7.80. The molecule has 0 bridgehead atoms. The van der Waals surface area contributed by atoms with Crippen molar-refractivity contribution in [3.63, 3.8) is 0 Å². The lowest BCUT2D eigenvalue weighted by atomic mass is 10.1. The number of rotatable bonds is 14. The molecule has 26 heavy (non-hydrogen) atoms. The van der Waals surface area contributed by atoms with Gasteiger partial charge in [-0.15, -0.1) is 25.3 Å². The Bertz CT molecular complexity index is 496. The first-order valence-corrected chi connectivity index (χ1v) is 11.7. The van der Waals surface area contributed by atoms with Crippen LogP contribution in [0.15, 0.2) is 10.3 Å². The van der Waals surface area contributed by atoms with Crippen LogP contribution in [0.4, 0.5) is 5.95 Å². The molecule has 0 aliphatic heterocycles. The zero-order chi connectivity index (χ0) is 19.4. The van der Waals surface area contributed by atoms with Crippen LogP contribution in [0, 0.1) is 0 Å². The van der Waals surface area contributed by atoms with Gasteiger partial charge in [-0.2, -0.15) is 15.0 Å². The first kappa shape index (κ1) is 23.6. The van der Waals surface area contributed by atoms with E-state index in [1.807, 2.05) is 0 Å². The van der Waals surface area contributed by atoms with Gasteiger partial charge in [-0.1, -0.05) is 32.6 Å². The lowest BCUT2D eigenvalue weighted by Gasteiger charge is -2.32. The van der Waals surface area contributed by atoms with Gasteiger partial charge < -0.3 is 18.6 Å². The van der Waals surface area contributed by atoms with Crippen LogP contribution in [0.1, 0.15) is 51.9 Å². The van der Waals surface area contributed by atoms with Crippen molar-refractivity contribution >= 4 is 40.0 Å².